The van der Waals surface area contributed by atoms with Crippen LogP contribution in [0, 0.1) is 10.1 Å². The fourth-order valence-electron chi connectivity index (χ4n) is 2.53. The van der Waals surface area contributed by atoms with Gasteiger partial charge in [0.15, 0.2) is 0 Å². The molecule has 3 rings (SSSR count). The number of carbonyl (C=O) groups is 1. The van der Waals surface area contributed by atoms with E-state index in [0.29, 0.717) is 17.1 Å². The van der Waals surface area contributed by atoms with Crippen LogP contribution in [0.4, 0.5) is 5.69 Å². The Hall–Kier alpha value is -3.78. The second kappa shape index (κ2) is 8.94. The number of nitro groups is 1. The second-order valence-corrected chi connectivity index (χ2v) is 6.47. The molecule has 0 aliphatic carbocycles. The highest BCUT2D eigenvalue weighted by Crippen LogP contribution is 2.11. The highest BCUT2D eigenvalue weighted by atomic mass is 35.5. The van der Waals surface area contributed by atoms with Crippen LogP contribution in [-0.4, -0.2) is 21.6 Å². The lowest BCUT2D eigenvalue weighted by atomic mass is 10.2. The number of non-ortho nitro benzene ring substituents is 1. The van der Waals surface area contributed by atoms with E-state index in [0.717, 1.165) is 5.56 Å². The predicted molar refractivity (Wildman–Crippen MR) is 109 cm³/mol. The molecule has 0 saturated heterocycles. The number of nitrogens with zero attached hydrogens (tertiary/aromatic N) is 3. The van der Waals surface area contributed by atoms with E-state index in [2.05, 4.69) is 10.5 Å². The minimum Gasteiger partial charge on any atom is -0.310 e. The quantitative estimate of drug-likeness (QED) is 0.382. The van der Waals surface area contributed by atoms with Crippen molar-refractivity contribution >= 4 is 29.4 Å². The lowest BCUT2D eigenvalue weighted by molar-refractivity contribution is -0.384. The van der Waals surface area contributed by atoms with Crippen molar-refractivity contribution in [3.63, 3.8) is 0 Å². The summed E-state index contributed by atoms with van der Waals surface area (Å²) >= 11 is 5.86. The zero-order valence-electron chi connectivity index (χ0n) is 15.0. The monoisotopic (exact) mass is 410 g/mol. The number of hydrazone groups is 1. The Morgan fingerprint density at radius 1 is 1.14 bits per heavy atom. The first-order valence-electron chi connectivity index (χ1n) is 8.46. The summed E-state index contributed by atoms with van der Waals surface area (Å²) in [6.07, 6.45) is 2.92. The minimum atomic E-state index is -0.654. The van der Waals surface area contributed by atoms with Gasteiger partial charge in [-0.05, 0) is 47.5 Å². The Balaban J connectivity index is 1.69. The topological polar surface area (TPSA) is 107 Å². The lowest BCUT2D eigenvalue weighted by Gasteiger charge is -2.08. The molecule has 0 bridgehead atoms. The summed E-state index contributed by atoms with van der Waals surface area (Å²) in [4.78, 5) is 35.0. The van der Waals surface area contributed by atoms with Crippen LogP contribution in [-0.2, 0) is 6.54 Å². The first-order chi connectivity index (χ1) is 13.9. The standard InChI is InChI=1S/C20H15ClN4O4/c21-16-7-3-15(4-8-16)13-24-11-1-2-18(20(24)27)19(26)23-22-12-14-5-9-17(10-6-14)25(28)29/h1-12H,13H2,(H,23,26)/b22-12-. The third kappa shape index (κ3) is 5.14. The molecule has 1 amide bonds. The van der Waals surface area contributed by atoms with Gasteiger partial charge in [0.05, 0.1) is 17.7 Å². The van der Waals surface area contributed by atoms with E-state index in [9.17, 15) is 19.7 Å². The number of halogens is 1. The van der Waals surface area contributed by atoms with Gasteiger partial charge in [-0.1, -0.05) is 23.7 Å². The molecule has 0 fully saturated rings. The number of carbonyl (C=O) groups excluding carboxylic acids is 1. The van der Waals surface area contributed by atoms with Gasteiger partial charge in [0.2, 0.25) is 0 Å². The predicted octanol–water partition coefficient (Wildman–Crippen LogP) is 3.22. The van der Waals surface area contributed by atoms with E-state index >= 15 is 0 Å². The van der Waals surface area contributed by atoms with Crippen LogP contribution in [0.15, 0.2) is 76.8 Å². The zero-order valence-corrected chi connectivity index (χ0v) is 15.7. The fourth-order valence-corrected chi connectivity index (χ4v) is 2.65. The summed E-state index contributed by atoms with van der Waals surface area (Å²) in [5, 5.41) is 15.0. The molecule has 0 aliphatic rings. The van der Waals surface area contributed by atoms with Crippen molar-refractivity contribution in [3.8, 4) is 0 Å². The summed E-state index contributed by atoms with van der Waals surface area (Å²) in [6, 6.07) is 15.7. The molecular weight excluding hydrogens is 396 g/mol. The van der Waals surface area contributed by atoms with Crippen molar-refractivity contribution in [2.45, 2.75) is 6.54 Å². The minimum absolute atomic E-state index is 0.0447. The number of hydrogen-bond acceptors (Lipinski definition) is 5. The number of nitro benzene ring substituents is 1. The molecule has 1 heterocycles. The van der Waals surface area contributed by atoms with Crippen LogP contribution in [0.3, 0.4) is 0 Å². The Morgan fingerprint density at radius 3 is 2.48 bits per heavy atom. The highest BCUT2D eigenvalue weighted by Gasteiger charge is 2.11. The lowest BCUT2D eigenvalue weighted by Crippen LogP contribution is -2.30. The van der Waals surface area contributed by atoms with Gasteiger partial charge < -0.3 is 4.57 Å². The van der Waals surface area contributed by atoms with E-state index in [1.165, 1.54) is 41.1 Å². The van der Waals surface area contributed by atoms with Crippen molar-refractivity contribution in [3.05, 3.63) is 109 Å². The van der Waals surface area contributed by atoms with Gasteiger partial charge >= 0.3 is 0 Å². The van der Waals surface area contributed by atoms with Crippen molar-refractivity contribution in [2.24, 2.45) is 5.10 Å². The molecule has 146 valence electrons. The molecule has 9 heteroatoms. The molecule has 0 saturated carbocycles. The molecule has 2 aromatic carbocycles. The molecule has 0 spiro atoms. The second-order valence-electron chi connectivity index (χ2n) is 6.03. The number of pyridine rings is 1. The summed E-state index contributed by atoms with van der Waals surface area (Å²) in [5.74, 6) is -0.654. The van der Waals surface area contributed by atoms with Crippen molar-refractivity contribution in [1.29, 1.82) is 0 Å². The van der Waals surface area contributed by atoms with Crippen LogP contribution in [0.2, 0.25) is 5.02 Å². The maximum Gasteiger partial charge on any atom is 0.276 e. The molecular formula is C20H15ClN4O4. The Kier molecular flexibility index (Phi) is 6.16. The molecule has 0 aliphatic heterocycles. The zero-order chi connectivity index (χ0) is 20.8. The van der Waals surface area contributed by atoms with Crippen LogP contribution < -0.4 is 11.0 Å². The Morgan fingerprint density at radius 2 is 1.83 bits per heavy atom. The SMILES string of the molecule is O=C(N/N=C\c1ccc([N+](=O)[O-])cc1)c1cccn(Cc2ccc(Cl)cc2)c1=O. The van der Waals surface area contributed by atoms with Crippen LogP contribution >= 0.6 is 11.6 Å². The van der Waals surface area contributed by atoms with Gasteiger partial charge in [-0.2, -0.15) is 5.10 Å². The van der Waals surface area contributed by atoms with Gasteiger partial charge in [0.25, 0.3) is 17.2 Å². The van der Waals surface area contributed by atoms with Gasteiger partial charge in [-0.3, -0.25) is 19.7 Å². The normalized spacial score (nSPS) is 10.8. The number of benzene rings is 2. The van der Waals surface area contributed by atoms with E-state index in [-0.39, 0.29) is 11.3 Å². The van der Waals surface area contributed by atoms with E-state index in [1.54, 1.807) is 36.5 Å². The molecule has 8 nitrogen and oxygen atoms in total. The summed E-state index contributed by atoms with van der Waals surface area (Å²) < 4.78 is 1.41. The Bertz CT molecular complexity index is 1120. The first kappa shape index (κ1) is 20.0. The molecule has 29 heavy (non-hydrogen) atoms. The molecule has 1 aromatic heterocycles. The van der Waals surface area contributed by atoms with Gasteiger partial charge in [0, 0.05) is 23.4 Å². The number of amides is 1. The summed E-state index contributed by atoms with van der Waals surface area (Å²) in [5.41, 5.74) is 3.16. The van der Waals surface area contributed by atoms with Crippen molar-refractivity contribution < 1.29 is 9.72 Å². The van der Waals surface area contributed by atoms with Gasteiger partial charge in [0.1, 0.15) is 5.56 Å². The van der Waals surface area contributed by atoms with Crippen molar-refractivity contribution in [2.75, 3.05) is 0 Å². The van der Waals surface area contributed by atoms with Crippen LogP contribution in [0.5, 0.6) is 0 Å². The third-order valence-corrected chi connectivity index (χ3v) is 4.27. The highest BCUT2D eigenvalue weighted by molar-refractivity contribution is 6.30. The molecule has 0 atom stereocenters. The first-order valence-corrected chi connectivity index (χ1v) is 8.83. The van der Waals surface area contributed by atoms with Gasteiger partial charge in [-0.15, -0.1) is 0 Å². The van der Waals surface area contributed by atoms with E-state index < -0.39 is 16.4 Å². The largest absolute Gasteiger partial charge is 0.310 e. The molecule has 3 aromatic rings. The van der Waals surface area contributed by atoms with Gasteiger partial charge in [-0.25, -0.2) is 5.43 Å². The molecule has 1 N–H and O–H groups in total. The Labute approximate surface area is 170 Å². The third-order valence-electron chi connectivity index (χ3n) is 4.01. The van der Waals surface area contributed by atoms with Crippen LogP contribution in [0.1, 0.15) is 21.5 Å². The fraction of sp³-hybridized carbons (Fsp3) is 0.0500. The maximum absolute atomic E-state index is 12.6. The average molecular weight is 411 g/mol. The number of rotatable bonds is 6. The number of hydrogen-bond donors (Lipinski definition) is 1. The van der Waals surface area contributed by atoms with Crippen LogP contribution in [0.25, 0.3) is 0 Å². The smallest absolute Gasteiger partial charge is 0.276 e. The maximum atomic E-state index is 12.6. The van der Waals surface area contributed by atoms with Crippen molar-refractivity contribution in [1.82, 2.24) is 9.99 Å². The summed E-state index contributed by atoms with van der Waals surface area (Å²) in [6.45, 7) is 0.295. The average Bonchev–Trinajstić information content (AvgIpc) is 2.71. The number of aromatic nitrogens is 1. The molecule has 0 unspecified atom stereocenters. The van der Waals surface area contributed by atoms with E-state index in [4.69, 9.17) is 11.6 Å². The van der Waals surface area contributed by atoms with E-state index in [1.807, 2.05) is 0 Å². The molecule has 0 radical (unpaired) electrons. The summed E-state index contributed by atoms with van der Waals surface area (Å²) in [7, 11) is 0. The number of nitrogens with one attached hydrogen (secondary N) is 1.